The molecule has 2 heterocycles. The number of aliphatic carboxylic acids is 1. The van der Waals surface area contributed by atoms with E-state index in [2.05, 4.69) is 20.9 Å². The van der Waals surface area contributed by atoms with Gasteiger partial charge in [0, 0.05) is 10.4 Å². The molecule has 0 bridgehead atoms. The number of fused-ring (bicyclic) bond motifs is 3. The van der Waals surface area contributed by atoms with E-state index < -0.39 is 35.1 Å². The van der Waals surface area contributed by atoms with Gasteiger partial charge in [-0.3, -0.25) is 9.78 Å². The van der Waals surface area contributed by atoms with E-state index in [-0.39, 0.29) is 17.1 Å². The van der Waals surface area contributed by atoms with Crippen molar-refractivity contribution in [3.63, 3.8) is 0 Å². The van der Waals surface area contributed by atoms with Crippen LogP contribution in [0.2, 0.25) is 0 Å². The molecule has 8 heteroatoms. The minimum atomic E-state index is -2.12. The molecule has 3 aromatic rings. The van der Waals surface area contributed by atoms with Crippen molar-refractivity contribution >= 4 is 21.9 Å². The number of carboxylic acid groups (broad SMARTS) is 1. The molecule has 2 aliphatic rings. The lowest BCUT2D eigenvalue weighted by Crippen LogP contribution is -2.52. The van der Waals surface area contributed by atoms with Crippen molar-refractivity contribution in [2.45, 2.75) is 30.1 Å². The van der Waals surface area contributed by atoms with Crippen LogP contribution in [0.4, 0.5) is 0 Å². The van der Waals surface area contributed by atoms with Crippen LogP contribution in [0.5, 0.6) is 11.5 Å². The van der Waals surface area contributed by atoms with Gasteiger partial charge in [-0.05, 0) is 30.2 Å². The molecule has 1 aliphatic carbocycles. The van der Waals surface area contributed by atoms with Crippen molar-refractivity contribution in [1.82, 2.24) is 4.98 Å². The van der Waals surface area contributed by atoms with E-state index in [1.807, 2.05) is 31.2 Å². The normalized spacial score (nSPS) is 29.8. The van der Waals surface area contributed by atoms with Crippen LogP contribution in [0.25, 0.3) is 0 Å². The highest BCUT2D eigenvalue weighted by Crippen LogP contribution is 2.69. The number of hydrogen-bond donors (Lipinski definition) is 3. The first-order chi connectivity index (χ1) is 15.8. The van der Waals surface area contributed by atoms with Crippen LogP contribution < -0.4 is 9.47 Å². The highest BCUT2D eigenvalue weighted by atomic mass is 79.9. The second-order valence-electron chi connectivity index (χ2n) is 8.52. The topological polar surface area (TPSA) is 109 Å². The van der Waals surface area contributed by atoms with Gasteiger partial charge in [0.05, 0.1) is 31.0 Å². The second kappa shape index (κ2) is 7.55. The molecule has 1 saturated carbocycles. The van der Waals surface area contributed by atoms with Gasteiger partial charge in [0.2, 0.25) is 0 Å². The van der Waals surface area contributed by atoms with Gasteiger partial charge < -0.3 is 24.8 Å². The number of benzene rings is 2. The van der Waals surface area contributed by atoms with Crippen molar-refractivity contribution < 1.29 is 29.6 Å². The number of hydrogen-bond acceptors (Lipinski definition) is 6. The summed E-state index contributed by atoms with van der Waals surface area (Å²) in [5.41, 5.74) is -1.42. The van der Waals surface area contributed by atoms with Gasteiger partial charge in [-0.1, -0.05) is 57.9 Å². The summed E-state index contributed by atoms with van der Waals surface area (Å²) in [4.78, 5) is 16.7. The van der Waals surface area contributed by atoms with Crippen LogP contribution in [0.1, 0.15) is 28.2 Å². The standard InChI is InChI=1S/C25H22BrNO6/c1-13-3-5-14(6-4-13)20-19(23(29)30)22(28)24(31)21-17(32-2)11-27-12-18(21)33-25(20,24)15-7-9-16(26)10-8-15/h3-12,19-20,22,28,31H,1-2H3,(H,29,30)/t19?,20?,22-,24?,25?/m1/s1. The van der Waals surface area contributed by atoms with Gasteiger partial charge in [-0.25, -0.2) is 0 Å². The van der Waals surface area contributed by atoms with E-state index in [0.717, 1.165) is 10.0 Å². The molecule has 0 spiro atoms. The highest BCUT2D eigenvalue weighted by Gasteiger charge is 2.78. The fourth-order valence-electron chi connectivity index (χ4n) is 5.48. The van der Waals surface area contributed by atoms with Crippen molar-refractivity contribution in [3.8, 4) is 11.5 Å². The summed E-state index contributed by atoms with van der Waals surface area (Å²) in [5.74, 6) is -3.06. The molecule has 0 radical (unpaired) electrons. The summed E-state index contributed by atoms with van der Waals surface area (Å²) < 4.78 is 12.8. The van der Waals surface area contributed by atoms with Gasteiger partial charge in [-0.2, -0.15) is 0 Å². The third kappa shape index (κ3) is 2.81. The van der Waals surface area contributed by atoms with Crippen molar-refractivity contribution in [2.75, 3.05) is 7.11 Å². The van der Waals surface area contributed by atoms with E-state index in [0.29, 0.717) is 11.1 Å². The fourth-order valence-corrected chi connectivity index (χ4v) is 5.74. The third-order valence-corrected chi connectivity index (χ3v) is 7.40. The Morgan fingerprint density at radius 2 is 1.79 bits per heavy atom. The van der Waals surface area contributed by atoms with Crippen LogP contribution in [0.15, 0.2) is 65.4 Å². The molecule has 0 saturated heterocycles. The van der Waals surface area contributed by atoms with Crippen molar-refractivity contribution in [2.24, 2.45) is 5.92 Å². The minimum absolute atomic E-state index is 0.191. The first-order valence-corrected chi connectivity index (χ1v) is 11.2. The quantitative estimate of drug-likeness (QED) is 0.491. The van der Waals surface area contributed by atoms with Gasteiger partial charge in [0.15, 0.2) is 11.2 Å². The summed E-state index contributed by atoms with van der Waals surface area (Å²) in [6, 6.07) is 14.5. The number of ether oxygens (including phenoxy) is 2. The summed E-state index contributed by atoms with van der Waals surface area (Å²) >= 11 is 3.43. The number of rotatable bonds is 4. The Hall–Kier alpha value is -2.94. The number of carboxylic acids is 1. The number of halogens is 1. The molecule has 1 aliphatic heterocycles. The zero-order valence-electron chi connectivity index (χ0n) is 17.9. The van der Waals surface area contributed by atoms with Crippen molar-refractivity contribution in [3.05, 3.63) is 87.7 Å². The van der Waals surface area contributed by atoms with E-state index in [9.17, 15) is 20.1 Å². The maximum atomic E-state index is 12.6. The maximum Gasteiger partial charge on any atom is 0.310 e. The Balaban J connectivity index is 1.88. The molecule has 4 unspecified atom stereocenters. The third-order valence-electron chi connectivity index (χ3n) is 6.87. The molecule has 1 aromatic heterocycles. The second-order valence-corrected chi connectivity index (χ2v) is 9.44. The Labute approximate surface area is 198 Å². The van der Waals surface area contributed by atoms with E-state index in [1.54, 1.807) is 24.3 Å². The number of nitrogens with zero attached hydrogens (tertiary/aromatic N) is 1. The molecule has 2 aromatic carbocycles. The first kappa shape index (κ1) is 21.9. The largest absolute Gasteiger partial charge is 0.495 e. The molecule has 5 atom stereocenters. The molecule has 0 amide bonds. The highest BCUT2D eigenvalue weighted by molar-refractivity contribution is 9.10. The Morgan fingerprint density at radius 1 is 1.12 bits per heavy atom. The smallest absolute Gasteiger partial charge is 0.310 e. The van der Waals surface area contributed by atoms with Gasteiger partial charge in [0.1, 0.15) is 17.6 Å². The number of carbonyl (C=O) groups is 1. The number of pyridine rings is 1. The minimum Gasteiger partial charge on any atom is -0.495 e. The van der Waals surface area contributed by atoms with Crippen LogP contribution in [-0.2, 0) is 16.0 Å². The van der Waals surface area contributed by atoms with Crippen LogP contribution in [-0.4, -0.2) is 39.5 Å². The Bertz CT molecular complexity index is 1230. The zero-order chi connectivity index (χ0) is 23.5. The van der Waals surface area contributed by atoms with Gasteiger partial charge >= 0.3 is 5.97 Å². The molecule has 33 heavy (non-hydrogen) atoms. The van der Waals surface area contributed by atoms with E-state index in [1.165, 1.54) is 19.5 Å². The van der Waals surface area contributed by atoms with E-state index >= 15 is 0 Å². The first-order valence-electron chi connectivity index (χ1n) is 10.4. The molecule has 170 valence electrons. The average Bonchev–Trinajstić information content (AvgIpc) is 3.18. The SMILES string of the molecule is COc1cncc2c1C1(O)[C@H](O)C(C(=O)O)C(c3ccc(C)cc3)C1(c1ccc(Br)cc1)O2. The van der Waals surface area contributed by atoms with Crippen LogP contribution in [0.3, 0.4) is 0 Å². The lowest BCUT2D eigenvalue weighted by atomic mass is 9.70. The predicted molar refractivity (Wildman–Crippen MR) is 122 cm³/mol. The lowest BCUT2D eigenvalue weighted by Gasteiger charge is -2.40. The zero-order valence-corrected chi connectivity index (χ0v) is 19.5. The molecule has 3 N–H and O–H groups in total. The molecule has 7 nitrogen and oxygen atoms in total. The number of aliphatic hydroxyl groups excluding tert-OH is 1. The molecule has 5 rings (SSSR count). The average molecular weight is 512 g/mol. The molecular formula is C25H22BrNO6. The predicted octanol–water partition coefficient (Wildman–Crippen LogP) is 3.50. The van der Waals surface area contributed by atoms with E-state index in [4.69, 9.17) is 9.47 Å². The maximum absolute atomic E-state index is 12.6. The van der Waals surface area contributed by atoms with Crippen LogP contribution >= 0.6 is 15.9 Å². The summed E-state index contributed by atoms with van der Waals surface area (Å²) in [6.45, 7) is 1.93. The van der Waals surface area contributed by atoms with Gasteiger partial charge in [-0.15, -0.1) is 0 Å². The number of methoxy groups -OCH3 is 1. The molecular weight excluding hydrogens is 490 g/mol. The Kier molecular flexibility index (Phi) is 5.00. The number of aliphatic hydroxyl groups is 2. The fraction of sp³-hybridized carbons (Fsp3) is 0.280. The van der Waals surface area contributed by atoms with Crippen molar-refractivity contribution in [1.29, 1.82) is 0 Å². The lowest BCUT2D eigenvalue weighted by molar-refractivity contribution is -0.159. The number of aryl methyl sites for hydroxylation is 1. The summed E-state index contributed by atoms with van der Waals surface area (Å²) in [5, 5.41) is 34.2. The van der Waals surface area contributed by atoms with Crippen LogP contribution in [0, 0.1) is 12.8 Å². The Morgan fingerprint density at radius 3 is 2.39 bits per heavy atom. The monoisotopic (exact) mass is 511 g/mol. The molecule has 1 fully saturated rings. The summed E-state index contributed by atoms with van der Waals surface area (Å²) in [7, 11) is 1.42. The summed E-state index contributed by atoms with van der Waals surface area (Å²) in [6.07, 6.45) is 1.17. The number of aromatic nitrogens is 1. The van der Waals surface area contributed by atoms with Gasteiger partial charge in [0.25, 0.3) is 0 Å².